The second-order valence-corrected chi connectivity index (χ2v) is 8.50. The molecule has 3 rings (SSSR count). The second kappa shape index (κ2) is 11.4. The van der Waals surface area contributed by atoms with Crippen molar-refractivity contribution in [3.05, 3.63) is 29.6 Å². The van der Waals surface area contributed by atoms with Gasteiger partial charge in [-0.3, -0.25) is 4.79 Å². The number of esters is 1. The van der Waals surface area contributed by atoms with Gasteiger partial charge in [0.05, 0.1) is 23.7 Å². The molecule has 0 N–H and O–H groups in total. The molecule has 0 aliphatic heterocycles. The van der Waals surface area contributed by atoms with Crippen molar-refractivity contribution in [1.29, 1.82) is 5.26 Å². The van der Waals surface area contributed by atoms with Gasteiger partial charge in [0.15, 0.2) is 0 Å². The second-order valence-electron chi connectivity index (χ2n) is 8.50. The number of hydrogen-bond acceptors (Lipinski definition) is 5. The maximum atomic E-state index is 13.7. The van der Waals surface area contributed by atoms with Crippen molar-refractivity contribution >= 4 is 5.97 Å². The predicted molar refractivity (Wildman–Crippen MR) is 110 cm³/mol. The molecule has 2 fully saturated rings. The summed E-state index contributed by atoms with van der Waals surface area (Å²) in [5.41, 5.74) is -0.0607. The highest BCUT2D eigenvalue weighted by molar-refractivity contribution is 5.75. The number of ether oxygens (including phenoxy) is 3. The molecule has 0 saturated heterocycles. The van der Waals surface area contributed by atoms with Crippen molar-refractivity contribution in [3.8, 4) is 11.8 Å². The summed E-state index contributed by atoms with van der Waals surface area (Å²) in [5.74, 6) is -0.433. The van der Waals surface area contributed by atoms with E-state index in [0.717, 1.165) is 77.1 Å². The summed E-state index contributed by atoms with van der Waals surface area (Å²) in [6.07, 6.45) is 9.41. The first-order chi connectivity index (χ1) is 14.6. The number of benzene rings is 1. The minimum atomic E-state index is -0.675. The number of rotatable bonds is 8. The summed E-state index contributed by atoms with van der Waals surface area (Å²) in [5, 5.41) is 8.77. The summed E-state index contributed by atoms with van der Waals surface area (Å²) in [7, 11) is 0. The molecule has 0 spiro atoms. The first kappa shape index (κ1) is 22.7. The summed E-state index contributed by atoms with van der Waals surface area (Å²) < 4.78 is 31.0. The van der Waals surface area contributed by atoms with Gasteiger partial charge in [0.25, 0.3) is 0 Å². The van der Waals surface area contributed by atoms with Crippen molar-refractivity contribution in [2.75, 3.05) is 13.2 Å². The predicted octanol–water partition coefficient (Wildman–Crippen LogP) is 5.16. The lowest BCUT2D eigenvalue weighted by atomic mass is 9.86. The maximum Gasteiger partial charge on any atom is 0.314 e. The third kappa shape index (κ3) is 6.52. The van der Waals surface area contributed by atoms with Crippen molar-refractivity contribution in [3.63, 3.8) is 0 Å². The molecule has 1 aromatic carbocycles. The smallest absolute Gasteiger partial charge is 0.314 e. The fourth-order valence-corrected chi connectivity index (χ4v) is 4.34. The Kier molecular flexibility index (Phi) is 8.65. The summed E-state index contributed by atoms with van der Waals surface area (Å²) in [6.45, 7) is 3.79. The fraction of sp³-hybridized carbons (Fsp3) is 0.667. The Morgan fingerprint density at radius 3 is 2.37 bits per heavy atom. The van der Waals surface area contributed by atoms with Gasteiger partial charge >= 0.3 is 5.97 Å². The molecule has 2 saturated carbocycles. The first-order valence-corrected chi connectivity index (χ1v) is 11.2. The van der Waals surface area contributed by atoms with E-state index in [1.54, 1.807) is 6.07 Å². The molecule has 0 atom stereocenters. The molecule has 164 valence electrons. The molecule has 0 amide bonds. The van der Waals surface area contributed by atoms with E-state index in [0.29, 0.717) is 12.0 Å². The Bertz CT molecular complexity index is 731. The van der Waals surface area contributed by atoms with Crippen molar-refractivity contribution in [2.45, 2.75) is 76.9 Å². The Morgan fingerprint density at radius 1 is 1.07 bits per heavy atom. The van der Waals surface area contributed by atoms with Crippen molar-refractivity contribution < 1.29 is 23.4 Å². The van der Waals surface area contributed by atoms with Crippen LogP contribution in [-0.4, -0.2) is 31.4 Å². The van der Waals surface area contributed by atoms with Gasteiger partial charge in [-0.05, 0) is 75.8 Å². The van der Waals surface area contributed by atoms with Crippen LogP contribution in [0.4, 0.5) is 4.39 Å². The molecule has 1 aromatic rings. The third-order valence-electron chi connectivity index (χ3n) is 6.21. The van der Waals surface area contributed by atoms with Gasteiger partial charge < -0.3 is 14.2 Å². The average molecular weight is 418 g/mol. The van der Waals surface area contributed by atoms with Gasteiger partial charge in [-0.1, -0.05) is 6.92 Å². The van der Waals surface area contributed by atoms with Crippen LogP contribution >= 0.6 is 0 Å². The third-order valence-corrected chi connectivity index (χ3v) is 6.21. The molecule has 0 unspecified atom stereocenters. The van der Waals surface area contributed by atoms with Crippen LogP contribution in [0, 0.1) is 29.0 Å². The standard InChI is InChI=1S/C24H32FNO4/c1-2-13-28-20-8-3-17(4-9-20)16-29-21-10-5-18(6-11-21)24(27)30-22-12-7-19(15-26)23(25)14-22/h7,12,14,17-18,20-21H,2-6,8-11,13,16H2,1H3/t17-,18-,20-,21-. The lowest BCUT2D eigenvalue weighted by Gasteiger charge is -2.31. The van der Waals surface area contributed by atoms with Gasteiger partial charge in [0.1, 0.15) is 17.6 Å². The van der Waals surface area contributed by atoms with E-state index in [4.69, 9.17) is 19.5 Å². The molecule has 0 aromatic heterocycles. The van der Waals surface area contributed by atoms with Crippen LogP contribution in [0.15, 0.2) is 18.2 Å². The molecule has 0 bridgehead atoms. The lowest BCUT2D eigenvalue weighted by molar-refractivity contribution is -0.141. The first-order valence-electron chi connectivity index (χ1n) is 11.2. The topological polar surface area (TPSA) is 68.6 Å². The zero-order chi connectivity index (χ0) is 21.3. The van der Waals surface area contributed by atoms with Crippen molar-refractivity contribution in [1.82, 2.24) is 0 Å². The van der Waals surface area contributed by atoms with Crippen LogP contribution in [0.1, 0.15) is 70.3 Å². The molecule has 30 heavy (non-hydrogen) atoms. The summed E-state index contributed by atoms with van der Waals surface area (Å²) in [4.78, 5) is 12.4. The Balaban J connectivity index is 1.34. The van der Waals surface area contributed by atoms with Gasteiger partial charge in [-0.15, -0.1) is 0 Å². The molecule has 5 nitrogen and oxygen atoms in total. The molecule has 0 heterocycles. The zero-order valence-electron chi connectivity index (χ0n) is 17.8. The highest BCUT2D eigenvalue weighted by Gasteiger charge is 2.29. The number of nitrogens with zero attached hydrogens (tertiary/aromatic N) is 1. The molecule has 6 heteroatoms. The highest BCUT2D eigenvalue weighted by atomic mass is 19.1. The summed E-state index contributed by atoms with van der Waals surface area (Å²) >= 11 is 0. The lowest BCUT2D eigenvalue weighted by Crippen LogP contribution is -2.31. The van der Waals surface area contributed by atoms with E-state index in [2.05, 4.69) is 6.92 Å². The van der Waals surface area contributed by atoms with Crippen LogP contribution in [0.5, 0.6) is 5.75 Å². The number of carbonyl (C=O) groups excluding carboxylic acids is 1. The SMILES string of the molecule is CCCO[C@H]1CC[C@H](CO[C@H]2CC[C@H](C(=O)Oc3ccc(C#N)c(F)c3)CC2)CC1. The van der Waals surface area contributed by atoms with E-state index in [1.807, 2.05) is 0 Å². The molecule has 2 aliphatic rings. The number of halogens is 1. The fourth-order valence-electron chi connectivity index (χ4n) is 4.34. The monoisotopic (exact) mass is 417 g/mol. The van der Waals surface area contributed by atoms with Gasteiger partial charge in [-0.25, -0.2) is 4.39 Å². The van der Waals surface area contributed by atoms with E-state index in [-0.39, 0.29) is 29.3 Å². The normalized spacial score (nSPS) is 26.7. The number of hydrogen-bond donors (Lipinski definition) is 0. The van der Waals surface area contributed by atoms with E-state index >= 15 is 0 Å². The quantitative estimate of drug-likeness (QED) is 0.431. The van der Waals surface area contributed by atoms with E-state index in [1.165, 1.54) is 12.1 Å². The van der Waals surface area contributed by atoms with Crippen LogP contribution in [0.25, 0.3) is 0 Å². The Hall–Kier alpha value is -1.97. The Labute approximate surface area is 178 Å². The largest absolute Gasteiger partial charge is 0.426 e. The van der Waals surface area contributed by atoms with Crippen LogP contribution in [-0.2, 0) is 14.3 Å². The van der Waals surface area contributed by atoms with Crippen LogP contribution < -0.4 is 4.74 Å². The van der Waals surface area contributed by atoms with Crippen molar-refractivity contribution in [2.24, 2.45) is 11.8 Å². The Morgan fingerprint density at radius 2 is 1.73 bits per heavy atom. The van der Waals surface area contributed by atoms with Gasteiger partial charge in [0, 0.05) is 19.3 Å². The minimum Gasteiger partial charge on any atom is -0.426 e. The number of carbonyl (C=O) groups is 1. The van der Waals surface area contributed by atoms with Crippen LogP contribution in [0.2, 0.25) is 0 Å². The van der Waals surface area contributed by atoms with E-state index < -0.39 is 5.82 Å². The zero-order valence-corrected chi connectivity index (χ0v) is 17.8. The molecule has 2 aliphatic carbocycles. The van der Waals surface area contributed by atoms with Crippen LogP contribution in [0.3, 0.4) is 0 Å². The highest BCUT2D eigenvalue weighted by Crippen LogP contribution is 2.31. The maximum absolute atomic E-state index is 13.7. The molecule has 0 radical (unpaired) electrons. The van der Waals surface area contributed by atoms with E-state index in [9.17, 15) is 9.18 Å². The number of nitriles is 1. The summed E-state index contributed by atoms with van der Waals surface area (Å²) in [6, 6.07) is 5.62. The molecular weight excluding hydrogens is 385 g/mol. The van der Waals surface area contributed by atoms with Gasteiger partial charge in [-0.2, -0.15) is 5.26 Å². The van der Waals surface area contributed by atoms with Gasteiger partial charge in [0.2, 0.25) is 0 Å². The molecular formula is C24H32FNO4. The minimum absolute atomic E-state index is 0.0607. The average Bonchev–Trinajstić information content (AvgIpc) is 2.77.